The predicted octanol–water partition coefficient (Wildman–Crippen LogP) is 3.20. The van der Waals surface area contributed by atoms with Crippen molar-refractivity contribution in [3.05, 3.63) is 72.1 Å². The first-order valence-electron chi connectivity index (χ1n) is 9.79. The van der Waals surface area contributed by atoms with Gasteiger partial charge in [-0.1, -0.05) is 24.3 Å². The van der Waals surface area contributed by atoms with Crippen LogP contribution in [0.3, 0.4) is 0 Å². The Hall–Kier alpha value is -2.36. The summed E-state index contributed by atoms with van der Waals surface area (Å²) in [5.74, 6) is 1.87. The van der Waals surface area contributed by atoms with Crippen LogP contribution in [0, 0.1) is 6.92 Å². The first-order chi connectivity index (χ1) is 13.7. The van der Waals surface area contributed by atoms with E-state index in [0.717, 1.165) is 44.4 Å². The summed E-state index contributed by atoms with van der Waals surface area (Å²) in [5.41, 5.74) is 2.45. The number of nitrogens with one attached hydrogen (secondary N) is 2. The van der Waals surface area contributed by atoms with Crippen molar-refractivity contribution in [2.75, 3.05) is 13.1 Å². The van der Waals surface area contributed by atoms with Crippen molar-refractivity contribution in [3.8, 4) is 0 Å². The van der Waals surface area contributed by atoms with Gasteiger partial charge in [-0.2, -0.15) is 5.10 Å². The Morgan fingerprint density at radius 1 is 1.10 bits per heavy atom. The van der Waals surface area contributed by atoms with Gasteiger partial charge in [0.1, 0.15) is 5.82 Å². The van der Waals surface area contributed by atoms with Crippen molar-refractivity contribution >= 4 is 29.9 Å². The van der Waals surface area contributed by atoms with Crippen LogP contribution in [-0.2, 0) is 19.6 Å². The van der Waals surface area contributed by atoms with Crippen molar-refractivity contribution in [2.45, 2.75) is 39.9 Å². The first-order valence-corrected chi connectivity index (χ1v) is 9.79. The van der Waals surface area contributed by atoms with E-state index in [0.29, 0.717) is 6.54 Å². The molecule has 8 heteroatoms. The number of hydrogen-bond acceptors (Lipinski definition) is 3. The summed E-state index contributed by atoms with van der Waals surface area (Å²) in [6.45, 7) is 8.16. The van der Waals surface area contributed by atoms with Gasteiger partial charge in [-0.15, -0.1) is 24.0 Å². The second kappa shape index (κ2) is 12.3. The van der Waals surface area contributed by atoms with Crippen molar-refractivity contribution < 1.29 is 0 Å². The third-order valence-electron chi connectivity index (χ3n) is 4.45. The molecule has 0 atom stereocenters. The van der Waals surface area contributed by atoms with E-state index in [9.17, 15) is 0 Å². The maximum atomic E-state index is 4.73. The Bertz CT molecular complexity index is 871. The molecule has 29 heavy (non-hydrogen) atoms. The molecular weight excluding hydrogens is 477 g/mol. The molecule has 0 saturated heterocycles. The van der Waals surface area contributed by atoms with E-state index >= 15 is 0 Å². The van der Waals surface area contributed by atoms with Gasteiger partial charge in [-0.05, 0) is 37.5 Å². The quantitative estimate of drug-likeness (QED) is 0.202. The first kappa shape index (κ1) is 22.9. The van der Waals surface area contributed by atoms with Crippen molar-refractivity contribution in [3.63, 3.8) is 0 Å². The van der Waals surface area contributed by atoms with E-state index in [1.807, 2.05) is 36.3 Å². The number of guanidine groups is 1. The normalized spacial score (nSPS) is 11.2. The second-order valence-corrected chi connectivity index (χ2v) is 6.67. The molecule has 156 valence electrons. The average molecular weight is 507 g/mol. The molecule has 2 heterocycles. The highest BCUT2D eigenvalue weighted by molar-refractivity contribution is 14.0. The zero-order valence-electron chi connectivity index (χ0n) is 17.1. The van der Waals surface area contributed by atoms with Gasteiger partial charge < -0.3 is 15.2 Å². The van der Waals surface area contributed by atoms with Crippen LogP contribution in [-0.4, -0.2) is 38.4 Å². The van der Waals surface area contributed by atoms with Crippen LogP contribution in [0.4, 0.5) is 0 Å². The predicted molar refractivity (Wildman–Crippen MR) is 128 cm³/mol. The molecule has 0 saturated carbocycles. The Balaban J connectivity index is 0.00000300. The standard InChI is InChI=1S/C21H29N7.HI/c1-3-22-21(24-9-5-12-28-13-6-10-26-28)25-16-19-7-4-8-20(15-19)17-27-14-11-23-18(27)2;/h4,6-8,10-11,13-15H,3,5,9,12,16-17H2,1-2H3,(H2,22,24,25);1H. The van der Waals surface area contributed by atoms with Crippen LogP contribution in [0.15, 0.2) is 60.1 Å². The van der Waals surface area contributed by atoms with Crippen LogP contribution in [0.5, 0.6) is 0 Å². The van der Waals surface area contributed by atoms with Crippen molar-refractivity contribution in [1.82, 2.24) is 30.0 Å². The van der Waals surface area contributed by atoms with Crippen LogP contribution in [0.2, 0.25) is 0 Å². The summed E-state index contributed by atoms with van der Waals surface area (Å²) >= 11 is 0. The van der Waals surface area contributed by atoms with E-state index in [-0.39, 0.29) is 24.0 Å². The molecular formula is C21H30IN7. The topological polar surface area (TPSA) is 72.1 Å². The van der Waals surface area contributed by atoms with Crippen molar-refractivity contribution in [1.29, 1.82) is 0 Å². The maximum Gasteiger partial charge on any atom is 0.191 e. The zero-order valence-corrected chi connectivity index (χ0v) is 19.4. The minimum Gasteiger partial charge on any atom is -0.357 e. The van der Waals surface area contributed by atoms with Crippen LogP contribution in [0.25, 0.3) is 0 Å². The minimum absolute atomic E-state index is 0. The van der Waals surface area contributed by atoms with E-state index in [1.54, 1.807) is 6.20 Å². The Morgan fingerprint density at radius 3 is 2.69 bits per heavy atom. The molecule has 0 unspecified atom stereocenters. The number of hydrogen-bond donors (Lipinski definition) is 2. The van der Waals surface area contributed by atoms with Gasteiger partial charge in [-0.25, -0.2) is 9.98 Å². The number of nitrogens with zero attached hydrogens (tertiary/aromatic N) is 5. The lowest BCUT2D eigenvalue weighted by atomic mass is 10.1. The van der Waals surface area contributed by atoms with Crippen LogP contribution >= 0.6 is 24.0 Å². The summed E-state index contributed by atoms with van der Waals surface area (Å²) in [5, 5.41) is 10.9. The number of benzene rings is 1. The summed E-state index contributed by atoms with van der Waals surface area (Å²) in [6.07, 6.45) is 8.63. The van der Waals surface area contributed by atoms with Crippen molar-refractivity contribution in [2.24, 2.45) is 4.99 Å². The monoisotopic (exact) mass is 507 g/mol. The third-order valence-corrected chi connectivity index (χ3v) is 4.45. The molecule has 0 aliphatic rings. The van der Waals surface area contributed by atoms with E-state index < -0.39 is 0 Å². The lowest BCUT2D eigenvalue weighted by Crippen LogP contribution is -2.38. The lowest BCUT2D eigenvalue weighted by molar-refractivity contribution is 0.570. The molecule has 0 spiro atoms. The van der Waals surface area contributed by atoms with E-state index in [4.69, 9.17) is 4.99 Å². The average Bonchev–Trinajstić information content (AvgIpc) is 3.36. The molecule has 0 amide bonds. The summed E-state index contributed by atoms with van der Waals surface area (Å²) in [6, 6.07) is 10.5. The number of imidazole rings is 1. The zero-order chi connectivity index (χ0) is 19.6. The van der Waals surface area contributed by atoms with Gasteiger partial charge >= 0.3 is 0 Å². The number of aryl methyl sites for hydroxylation is 2. The molecule has 2 aromatic heterocycles. The lowest BCUT2D eigenvalue weighted by Gasteiger charge is -2.12. The molecule has 3 rings (SSSR count). The number of aromatic nitrogens is 4. The maximum absolute atomic E-state index is 4.73. The highest BCUT2D eigenvalue weighted by atomic mass is 127. The van der Waals surface area contributed by atoms with Gasteiger partial charge in [-0.3, -0.25) is 4.68 Å². The summed E-state index contributed by atoms with van der Waals surface area (Å²) in [4.78, 5) is 9.01. The van der Waals surface area contributed by atoms with Gasteiger partial charge in [0.05, 0.1) is 6.54 Å². The van der Waals surface area contributed by atoms with Gasteiger partial charge in [0.25, 0.3) is 0 Å². The highest BCUT2D eigenvalue weighted by Crippen LogP contribution is 2.09. The minimum atomic E-state index is 0. The van der Waals surface area contributed by atoms with Gasteiger partial charge in [0.15, 0.2) is 5.96 Å². The van der Waals surface area contributed by atoms with E-state index in [2.05, 4.69) is 56.5 Å². The van der Waals surface area contributed by atoms with Crippen LogP contribution < -0.4 is 10.6 Å². The molecule has 0 radical (unpaired) electrons. The van der Waals surface area contributed by atoms with Crippen LogP contribution in [0.1, 0.15) is 30.3 Å². The SMILES string of the molecule is CCNC(=NCc1cccc(Cn2ccnc2C)c1)NCCCn1cccn1.I. The molecule has 3 aromatic rings. The van der Waals surface area contributed by atoms with E-state index in [1.165, 1.54) is 11.1 Å². The number of aliphatic imine (C=N–C) groups is 1. The molecule has 0 aliphatic heterocycles. The third kappa shape index (κ3) is 7.52. The molecule has 0 fully saturated rings. The fourth-order valence-corrected chi connectivity index (χ4v) is 2.99. The Kier molecular flexibility index (Phi) is 9.69. The smallest absolute Gasteiger partial charge is 0.191 e. The molecule has 2 N–H and O–H groups in total. The second-order valence-electron chi connectivity index (χ2n) is 6.67. The summed E-state index contributed by atoms with van der Waals surface area (Å²) < 4.78 is 4.09. The Morgan fingerprint density at radius 2 is 1.97 bits per heavy atom. The number of halogens is 1. The largest absolute Gasteiger partial charge is 0.357 e. The fourth-order valence-electron chi connectivity index (χ4n) is 2.99. The fraction of sp³-hybridized carbons (Fsp3) is 0.381. The Labute approximate surface area is 189 Å². The molecule has 0 aliphatic carbocycles. The van der Waals surface area contributed by atoms with Gasteiger partial charge in [0, 0.05) is 51.0 Å². The molecule has 7 nitrogen and oxygen atoms in total. The van der Waals surface area contributed by atoms with Gasteiger partial charge in [0.2, 0.25) is 0 Å². The molecule has 1 aromatic carbocycles. The highest BCUT2D eigenvalue weighted by Gasteiger charge is 2.02. The summed E-state index contributed by atoms with van der Waals surface area (Å²) in [7, 11) is 0. The molecule has 0 bridgehead atoms. The number of rotatable bonds is 9.